The Bertz CT molecular complexity index is 532. The Morgan fingerprint density at radius 3 is 2.89 bits per heavy atom. The fraction of sp³-hybridized carbons (Fsp3) is 0.300. The standard InChI is InChI=1S/C10H12ClN5O3/c1-6(13-5-7(4-12)16(17)18)8-3-9(11)14-15-10(8)19-2/h3-6H,12H2,1-2H3/b7-4+,13-5?. The van der Waals surface area contributed by atoms with Gasteiger partial charge in [-0.1, -0.05) is 11.6 Å². The molecule has 1 heterocycles. The van der Waals surface area contributed by atoms with Gasteiger partial charge >= 0.3 is 5.70 Å². The molecule has 0 saturated heterocycles. The maximum Gasteiger partial charge on any atom is 0.302 e. The average molecular weight is 286 g/mol. The maximum absolute atomic E-state index is 10.6. The fourth-order valence-electron chi connectivity index (χ4n) is 1.25. The van der Waals surface area contributed by atoms with Gasteiger partial charge in [0, 0.05) is 5.56 Å². The summed E-state index contributed by atoms with van der Waals surface area (Å²) in [7, 11) is 1.43. The van der Waals surface area contributed by atoms with Gasteiger partial charge in [-0.05, 0) is 13.0 Å². The van der Waals surface area contributed by atoms with Crippen LogP contribution >= 0.6 is 11.6 Å². The number of rotatable bonds is 5. The van der Waals surface area contributed by atoms with Crippen molar-refractivity contribution in [2.45, 2.75) is 13.0 Å². The van der Waals surface area contributed by atoms with E-state index in [-0.39, 0.29) is 16.7 Å². The van der Waals surface area contributed by atoms with E-state index in [1.165, 1.54) is 13.2 Å². The van der Waals surface area contributed by atoms with E-state index in [4.69, 9.17) is 22.1 Å². The topological polar surface area (TPSA) is 117 Å². The highest BCUT2D eigenvalue weighted by molar-refractivity contribution is 6.29. The van der Waals surface area contributed by atoms with Crippen LogP contribution in [0.3, 0.4) is 0 Å². The van der Waals surface area contributed by atoms with Crippen molar-refractivity contribution in [1.82, 2.24) is 10.2 Å². The minimum absolute atomic E-state index is 0.182. The molecule has 0 radical (unpaired) electrons. The van der Waals surface area contributed by atoms with Gasteiger partial charge in [0.1, 0.15) is 6.21 Å². The van der Waals surface area contributed by atoms with Crippen LogP contribution < -0.4 is 10.5 Å². The molecule has 0 aliphatic rings. The zero-order valence-electron chi connectivity index (χ0n) is 10.3. The van der Waals surface area contributed by atoms with Crippen molar-refractivity contribution in [2.24, 2.45) is 10.7 Å². The first-order valence-corrected chi connectivity index (χ1v) is 5.54. The Kier molecular flexibility index (Phi) is 5.19. The number of hydrogen-bond donors (Lipinski definition) is 1. The van der Waals surface area contributed by atoms with E-state index in [9.17, 15) is 10.1 Å². The normalized spacial score (nSPS) is 13.5. The minimum Gasteiger partial charge on any atom is -0.480 e. The molecule has 0 bridgehead atoms. The summed E-state index contributed by atoms with van der Waals surface area (Å²) >= 11 is 5.74. The number of nitro groups is 1. The van der Waals surface area contributed by atoms with Crippen molar-refractivity contribution in [3.63, 3.8) is 0 Å². The van der Waals surface area contributed by atoms with Crippen LogP contribution in [0.2, 0.25) is 5.15 Å². The summed E-state index contributed by atoms with van der Waals surface area (Å²) in [5.74, 6) is 0.258. The average Bonchev–Trinajstić information content (AvgIpc) is 2.38. The molecule has 9 heteroatoms. The van der Waals surface area contributed by atoms with Gasteiger partial charge in [0.05, 0.1) is 24.3 Å². The lowest BCUT2D eigenvalue weighted by Crippen LogP contribution is -2.05. The Labute approximate surface area is 114 Å². The lowest BCUT2D eigenvalue weighted by molar-refractivity contribution is -0.414. The van der Waals surface area contributed by atoms with Gasteiger partial charge in [-0.3, -0.25) is 15.1 Å². The largest absolute Gasteiger partial charge is 0.480 e. The molecular formula is C10H12ClN5O3. The van der Waals surface area contributed by atoms with Crippen LogP contribution in [0.25, 0.3) is 0 Å². The van der Waals surface area contributed by atoms with Crippen molar-refractivity contribution in [3.05, 3.63) is 38.8 Å². The summed E-state index contributed by atoms with van der Waals surface area (Å²) in [6.45, 7) is 1.71. The smallest absolute Gasteiger partial charge is 0.302 e. The molecule has 0 spiro atoms. The van der Waals surface area contributed by atoms with E-state index >= 15 is 0 Å². The van der Waals surface area contributed by atoms with Gasteiger partial charge in [-0.2, -0.15) is 0 Å². The molecule has 1 rings (SSSR count). The van der Waals surface area contributed by atoms with E-state index in [0.29, 0.717) is 5.56 Å². The summed E-state index contributed by atoms with van der Waals surface area (Å²) in [4.78, 5) is 13.9. The van der Waals surface area contributed by atoms with Gasteiger partial charge in [-0.25, -0.2) is 0 Å². The predicted octanol–water partition coefficient (Wildman–Crippen LogP) is 1.35. The summed E-state index contributed by atoms with van der Waals surface area (Å²) in [6.07, 6.45) is 1.93. The van der Waals surface area contributed by atoms with Crippen molar-refractivity contribution < 1.29 is 9.66 Å². The molecule has 0 aliphatic heterocycles. The zero-order chi connectivity index (χ0) is 14.4. The molecule has 8 nitrogen and oxygen atoms in total. The number of nitrogens with two attached hydrogens (primary N) is 1. The number of hydrogen-bond acceptors (Lipinski definition) is 7. The van der Waals surface area contributed by atoms with Gasteiger partial charge in [-0.15, -0.1) is 10.2 Å². The second kappa shape index (κ2) is 6.64. The quantitative estimate of drug-likeness (QED) is 0.496. The second-order valence-corrected chi connectivity index (χ2v) is 3.82. The van der Waals surface area contributed by atoms with E-state index in [0.717, 1.165) is 12.4 Å². The Morgan fingerprint density at radius 1 is 1.68 bits per heavy atom. The van der Waals surface area contributed by atoms with Gasteiger partial charge < -0.3 is 10.5 Å². The molecule has 1 aromatic rings. The van der Waals surface area contributed by atoms with Crippen LogP contribution in [-0.2, 0) is 0 Å². The molecule has 1 aromatic heterocycles. The highest BCUT2D eigenvalue weighted by Gasteiger charge is 2.14. The molecule has 0 fully saturated rings. The van der Waals surface area contributed by atoms with Crippen molar-refractivity contribution in [2.75, 3.05) is 7.11 Å². The molecule has 0 aliphatic carbocycles. The number of aromatic nitrogens is 2. The Balaban J connectivity index is 3.01. The van der Waals surface area contributed by atoms with Gasteiger partial charge in [0.15, 0.2) is 5.15 Å². The first-order chi connectivity index (χ1) is 8.99. The third-order valence-electron chi connectivity index (χ3n) is 2.21. The minimum atomic E-state index is -0.634. The number of halogens is 1. The molecule has 1 unspecified atom stereocenters. The molecule has 0 aromatic carbocycles. The number of ether oxygens (including phenoxy) is 1. The number of aliphatic imine (C=N–C) groups is 1. The molecule has 0 saturated carbocycles. The van der Waals surface area contributed by atoms with E-state index < -0.39 is 11.0 Å². The van der Waals surface area contributed by atoms with Crippen molar-refractivity contribution in [3.8, 4) is 5.88 Å². The number of methoxy groups -OCH3 is 1. The van der Waals surface area contributed by atoms with Crippen molar-refractivity contribution >= 4 is 17.8 Å². The number of nitrogens with zero attached hydrogens (tertiary/aromatic N) is 4. The summed E-state index contributed by atoms with van der Waals surface area (Å²) in [6, 6.07) is 1.09. The molecule has 1 atom stereocenters. The van der Waals surface area contributed by atoms with Crippen LogP contribution in [0, 0.1) is 10.1 Å². The number of allylic oxidation sites excluding steroid dienone is 1. The molecule has 0 amide bonds. The van der Waals surface area contributed by atoms with Crippen LogP contribution in [0.15, 0.2) is 23.0 Å². The lowest BCUT2D eigenvalue weighted by atomic mass is 10.1. The van der Waals surface area contributed by atoms with Crippen LogP contribution in [0.5, 0.6) is 5.88 Å². The first kappa shape index (κ1) is 14.8. The van der Waals surface area contributed by atoms with Gasteiger partial charge in [0.2, 0.25) is 5.88 Å². The van der Waals surface area contributed by atoms with E-state index in [1.807, 2.05) is 0 Å². The second-order valence-electron chi connectivity index (χ2n) is 3.43. The van der Waals surface area contributed by atoms with Crippen LogP contribution in [0.4, 0.5) is 0 Å². The van der Waals surface area contributed by atoms with E-state index in [1.54, 1.807) is 6.92 Å². The highest BCUT2D eigenvalue weighted by Crippen LogP contribution is 2.26. The summed E-state index contributed by atoms with van der Waals surface area (Å²) < 4.78 is 5.02. The van der Waals surface area contributed by atoms with E-state index in [2.05, 4.69) is 15.2 Å². The molecule has 19 heavy (non-hydrogen) atoms. The summed E-state index contributed by atoms with van der Waals surface area (Å²) in [5, 5.41) is 18.1. The third-order valence-corrected chi connectivity index (χ3v) is 2.40. The predicted molar refractivity (Wildman–Crippen MR) is 69.8 cm³/mol. The molecule has 2 N–H and O–H groups in total. The first-order valence-electron chi connectivity index (χ1n) is 5.16. The third kappa shape index (κ3) is 3.88. The lowest BCUT2D eigenvalue weighted by Gasteiger charge is -2.09. The SMILES string of the molecule is COc1nnc(Cl)cc1C(C)N=C/C(=C\N)[N+](=O)[O-]. The Hall–Kier alpha value is -2.22. The zero-order valence-corrected chi connectivity index (χ0v) is 11.0. The molecule has 102 valence electrons. The maximum atomic E-state index is 10.6. The highest BCUT2D eigenvalue weighted by atomic mass is 35.5. The van der Waals surface area contributed by atoms with Crippen LogP contribution in [-0.4, -0.2) is 28.4 Å². The Morgan fingerprint density at radius 2 is 2.37 bits per heavy atom. The fourth-order valence-corrected chi connectivity index (χ4v) is 1.40. The van der Waals surface area contributed by atoms with Crippen LogP contribution in [0.1, 0.15) is 18.5 Å². The monoisotopic (exact) mass is 285 g/mol. The van der Waals surface area contributed by atoms with Crippen molar-refractivity contribution in [1.29, 1.82) is 0 Å². The van der Waals surface area contributed by atoms with Gasteiger partial charge in [0.25, 0.3) is 0 Å². The molecular weight excluding hydrogens is 274 g/mol. The summed E-state index contributed by atoms with van der Waals surface area (Å²) in [5.41, 5.74) is 5.38.